The molecule has 0 spiro atoms. The molecule has 2 nitrogen and oxygen atoms in total. The molecular weight excluding hydrogens is 452 g/mol. The average Bonchev–Trinajstić information content (AvgIpc) is 3.13. The third kappa shape index (κ3) is 7.56. The summed E-state index contributed by atoms with van der Waals surface area (Å²) in [6.45, 7) is 23.0. The number of ether oxygens (including phenoxy) is 1. The van der Waals surface area contributed by atoms with Crippen LogP contribution in [0.15, 0.2) is 0 Å². The van der Waals surface area contributed by atoms with E-state index in [0.29, 0.717) is 23.4 Å². The van der Waals surface area contributed by atoms with Gasteiger partial charge in [0.2, 0.25) is 0 Å². The smallest absolute Gasteiger partial charge is 0.0605 e. The van der Waals surface area contributed by atoms with Crippen molar-refractivity contribution in [3.8, 4) is 0 Å². The number of rotatable bonds is 6. The van der Waals surface area contributed by atoms with Gasteiger partial charge in [-0.15, -0.1) is 0 Å². The molecule has 0 saturated heterocycles. The van der Waals surface area contributed by atoms with E-state index < -0.39 is 0 Å². The molecule has 37 heavy (non-hydrogen) atoms. The van der Waals surface area contributed by atoms with Crippen LogP contribution in [0.3, 0.4) is 0 Å². The lowest BCUT2D eigenvalue weighted by Crippen LogP contribution is -2.53. The molecule has 0 aliphatic heterocycles. The molecule has 0 heterocycles. The van der Waals surface area contributed by atoms with Gasteiger partial charge >= 0.3 is 0 Å². The minimum Gasteiger partial charge on any atom is -0.396 e. The Hall–Kier alpha value is -0.0800. The zero-order valence-electron chi connectivity index (χ0n) is 26.8. The van der Waals surface area contributed by atoms with Gasteiger partial charge < -0.3 is 9.84 Å². The molecular formula is C35H66O2. The molecule has 0 amide bonds. The number of aliphatic hydroxyl groups excluding tert-OH is 1. The summed E-state index contributed by atoms with van der Waals surface area (Å²) in [7, 11) is 0. The van der Waals surface area contributed by atoms with E-state index in [2.05, 4.69) is 69.2 Å². The van der Waals surface area contributed by atoms with Crippen molar-refractivity contribution in [3.05, 3.63) is 0 Å². The molecule has 2 heteroatoms. The van der Waals surface area contributed by atoms with Gasteiger partial charge in [0.05, 0.1) is 11.2 Å². The fourth-order valence-electron chi connectivity index (χ4n) is 10.3. The van der Waals surface area contributed by atoms with Crippen LogP contribution in [0.1, 0.15) is 153 Å². The third-order valence-electron chi connectivity index (χ3n) is 11.6. The Labute approximate surface area is 232 Å². The van der Waals surface area contributed by atoms with Gasteiger partial charge in [0.25, 0.3) is 0 Å². The first-order valence-electron chi connectivity index (χ1n) is 16.4. The van der Waals surface area contributed by atoms with Crippen LogP contribution >= 0.6 is 0 Å². The summed E-state index contributed by atoms with van der Waals surface area (Å²) >= 11 is 0. The van der Waals surface area contributed by atoms with Gasteiger partial charge in [0.15, 0.2) is 0 Å². The highest BCUT2D eigenvalue weighted by atomic mass is 16.5. The molecule has 4 aliphatic carbocycles. The van der Waals surface area contributed by atoms with Crippen LogP contribution < -0.4 is 0 Å². The largest absolute Gasteiger partial charge is 0.396 e. The maximum absolute atomic E-state index is 9.32. The molecule has 4 fully saturated rings. The van der Waals surface area contributed by atoms with Gasteiger partial charge in [-0.3, -0.25) is 0 Å². The first-order chi connectivity index (χ1) is 17.1. The van der Waals surface area contributed by atoms with Crippen molar-refractivity contribution >= 4 is 0 Å². The fourth-order valence-corrected chi connectivity index (χ4v) is 10.3. The number of hydrogen-bond acceptors (Lipinski definition) is 2. The maximum atomic E-state index is 9.32. The van der Waals surface area contributed by atoms with Gasteiger partial charge in [0.1, 0.15) is 0 Å². The molecule has 0 radical (unpaired) electrons. The molecule has 1 N–H and O–H groups in total. The topological polar surface area (TPSA) is 29.5 Å². The summed E-state index contributed by atoms with van der Waals surface area (Å²) in [5.41, 5.74) is 1.28. The lowest BCUT2D eigenvalue weighted by Gasteiger charge is -2.61. The lowest BCUT2D eigenvalue weighted by atomic mass is 9.44. The van der Waals surface area contributed by atoms with E-state index in [9.17, 15) is 5.11 Å². The summed E-state index contributed by atoms with van der Waals surface area (Å²) in [5, 5.41) is 9.32. The summed E-state index contributed by atoms with van der Waals surface area (Å²) in [6.07, 6.45) is 19.2. The van der Waals surface area contributed by atoms with Gasteiger partial charge in [-0.25, -0.2) is 0 Å². The Balaban J connectivity index is 0.000000364. The fraction of sp³-hybridized carbons (Fsp3) is 1.00. The number of aliphatic hydroxyl groups is 1. The van der Waals surface area contributed by atoms with E-state index in [1.54, 1.807) is 12.8 Å². The normalized spacial score (nSPS) is 39.5. The molecule has 0 aromatic rings. The highest BCUT2D eigenvalue weighted by Gasteiger charge is 2.60. The highest BCUT2D eigenvalue weighted by Crippen LogP contribution is 2.68. The van der Waals surface area contributed by atoms with Crippen LogP contribution in [0, 0.1) is 52.3 Å². The predicted molar refractivity (Wildman–Crippen MR) is 160 cm³/mol. The van der Waals surface area contributed by atoms with E-state index in [1.165, 1.54) is 70.6 Å². The molecule has 0 aromatic carbocycles. The van der Waals surface area contributed by atoms with Gasteiger partial charge in [0, 0.05) is 6.61 Å². The van der Waals surface area contributed by atoms with Crippen LogP contribution in [0.25, 0.3) is 0 Å². The average molecular weight is 519 g/mol. The van der Waals surface area contributed by atoms with Crippen LogP contribution in [0.4, 0.5) is 0 Å². The molecule has 218 valence electrons. The van der Waals surface area contributed by atoms with Gasteiger partial charge in [-0.1, -0.05) is 53.4 Å². The standard InChI is InChI=1S/C27H48O.C8H18O/c1-19(18-28)8-7-9-20(2)23-13-14-24-22-12-11-21-10-5-6-16-26(21,3)25(22)15-17-27(23,24)4;1-7(2,3)9-8(4,5)6/h19-25,28H,5-18H2,1-4H3;1-6H3/t19?,20-,21?,22+,23-,24+,25+,26+,27-;/m1./s1. The van der Waals surface area contributed by atoms with E-state index in [4.69, 9.17) is 4.74 Å². The second kappa shape index (κ2) is 12.2. The second-order valence-electron chi connectivity index (χ2n) is 16.7. The highest BCUT2D eigenvalue weighted by molar-refractivity contribution is 5.09. The van der Waals surface area contributed by atoms with Crippen molar-refractivity contribution < 1.29 is 9.84 Å². The minimum atomic E-state index is -0.0156. The van der Waals surface area contributed by atoms with E-state index in [1.807, 2.05) is 0 Å². The first-order valence-corrected chi connectivity index (χ1v) is 16.4. The van der Waals surface area contributed by atoms with Crippen molar-refractivity contribution in [2.75, 3.05) is 6.61 Å². The monoisotopic (exact) mass is 519 g/mol. The predicted octanol–water partition coefficient (Wildman–Crippen LogP) is 10.1. The zero-order valence-corrected chi connectivity index (χ0v) is 26.8. The third-order valence-corrected chi connectivity index (χ3v) is 11.6. The SMILES string of the molecule is CC(C)(C)OC(C)(C)C.CC(CO)CCC[C@@H](C)[C@H]1CC[C@H]2[C@@H]3CCC4CCCC[C@]4(C)[C@H]3CC[C@]12C. The molecule has 0 bridgehead atoms. The van der Waals surface area contributed by atoms with Gasteiger partial charge in [-0.2, -0.15) is 0 Å². The minimum absolute atomic E-state index is 0.0156. The summed E-state index contributed by atoms with van der Waals surface area (Å²) < 4.78 is 5.62. The van der Waals surface area contributed by atoms with E-state index in [0.717, 1.165) is 35.5 Å². The Morgan fingerprint density at radius 3 is 2.00 bits per heavy atom. The Morgan fingerprint density at radius 1 is 0.757 bits per heavy atom. The van der Waals surface area contributed by atoms with Crippen LogP contribution in [-0.2, 0) is 4.74 Å². The maximum Gasteiger partial charge on any atom is 0.0605 e. The molecule has 4 aliphatic rings. The number of fused-ring (bicyclic) bond motifs is 5. The zero-order chi connectivity index (χ0) is 27.6. The summed E-state index contributed by atoms with van der Waals surface area (Å²) in [5.74, 6) is 6.49. The van der Waals surface area contributed by atoms with Crippen molar-refractivity contribution in [2.24, 2.45) is 52.3 Å². The van der Waals surface area contributed by atoms with Crippen molar-refractivity contribution in [1.29, 1.82) is 0 Å². The van der Waals surface area contributed by atoms with Crippen molar-refractivity contribution in [1.82, 2.24) is 0 Å². The lowest BCUT2D eigenvalue weighted by molar-refractivity contribution is -0.114. The van der Waals surface area contributed by atoms with E-state index >= 15 is 0 Å². The Morgan fingerprint density at radius 2 is 1.41 bits per heavy atom. The van der Waals surface area contributed by atoms with Crippen LogP contribution in [0.5, 0.6) is 0 Å². The van der Waals surface area contributed by atoms with Crippen LogP contribution in [0.2, 0.25) is 0 Å². The molecule has 4 rings (SSSR count). The van der Waals surface area contributed by atoms with Crippen molar-refractivity contribution in [3.63, 3.8) is 0 Å². The second-order valence-corrected chi connectivity index (χ2v) is 16.7. The summed E-state index contributed by atoms with van der Waals surface area (Å²) in [4.78, 5) is 0. The number of hydrogen-bond donors (Lipinski definition) is 1. The Bertz CT molecular complexity index is 689. The summed E-state index contributed by atoms with van der Waals surface area (Å²) in [6, 6.07) is 0. The molecule has 0 aromatic heterocycles. The first kappa shape index (κ1) is 31.4. The molecule has 4 saturated carbocycles. The Kier molecular flexibility index (Phi) is 10.4. The van der Waals surface area contributed by atoms with Crippen LogP contribution in [-0.4, -0.2) is 22.9 Å². The quantitative estimate of drug-likeness (QED) is 0.379. The van der Waals surface area contributed by atoms with Crippen molar-refractivity contribution in [2.45, 2.75) is 164 Å². The molecule has 9 atom stereocenters. The van der Waals surface area contributed by atoms with Gasteiger partial charge in [-0.05, 0) is 152 Å². The van der Waals surface area contributed by atoms with E-state index in [-0.39, 0.29) is 11.2 Å². The molecule has 2 unspecified atom stereocenters.